The number of para-hydroxylation sites is 1. The molecule has 0 aliphatic heterocycles. The molecule has 3 rings (SSSR count). The number of carboxylic acids is 1. The first kappa shape index (κ1) is 18.7. The molecule has 0 atom stereocenters. The lowest BCUT2D eigenvalue weighted by molar-refractivity contribution is -0.139. The summed E-state index contributed by atoms with van der Waals surface area (Å²) in [7, 11) is 0. The van der Waals surface area contributed by atoms with Gasteiger partial charge in [0, 0.05) is 16.3 Å². The summed E-state index contributed by atoms with van der Waals surface area (Å²) >= 11 is 3.39. The molecule has 0 bridgehead atoms. The highest BCUT2D eigenvalue weighted by atomic mass is 79.9. The smallest absolute Gasteiger partial charge is 0.341 e. The summed E-state index contributed by atoms with van der Waals surface area (Å²) in [4.78, 5) is 15.1. The Bertz CT molecular complexity index is 940. The Hall–Kier alpha value is -3.12. The van der Waals surface area contributed by atoms with Gasteiger partial charge >= 0.3 is 5.97 Å². The van der Waals surface area contributed by atoms with Crippen LogP contribution in [0.4, 0.5) is 5.69 Å². The Morgan fingerprint density at radius 1 is 1.00 bits per heavy atom. The van der Waals surface area contributed by atoms with Crippen molar-refractivity contribution in [2.24, 2.45) is 4.99 Å². The molecule has 5 nitrogen and oxygen atoms in total. The van der Waals surface area contributed by atoms with Crippen molar-refractivity contribution in [1.82, 2.24) is 0 Å². The van der Waals surface area contributed by atoms with Gasteiger partial charge in [-0.2, -0.15) is 0 Å². The Morgan fingerprint density at radius 2 is 1.70 bits per heavy atom. The van der Waals surface area contributed by atoms with E-state index in [1.807, 2.05) is 60.7 Å². The molecule has 0 saturated heterocycles. The number of aliphatic carboxylic acids is 1. The molecule has 0 saturated carbocycles. The van der Waals surface area contributed by atoms with E-state index in [-0.39, 0.29) is 0 Å². The molecule has 0 fully saturated rings. The Kier molecular flexibility index (Phi) is 6.22. The lowest BCUT2D eigenvalue weighted by Gasteiger charge is -2.07. The molecule has 0 heterocycles. The zero-order valence-corrected chi connectivity index (χ0v) is 15.8. The van der Waals surface area contributed by atoms with E-state index in [9.17, 15) is 4.79 Å². The number of nitrogens with zero attached hydrogens (tertiary/aromatic N) is 1. The summed E-state index contributed by atoms with van der Waals surface area (Å²) in [6, 6.07) is 22.2. The van der Waals surface area contributed by atoms with Crippen LogP contribution in [0.2, 0.25) is 0 Å². The molecular weight excluding hydrogens is 410 g/mol. The predicted octanol–water partition coefficient (Wildman–Crippen LogP) is 5.46. The third-order valence-electron chi connectivity index (χ3n) is 3.49. The summed E-state index contributed by atoms with van der Waals surface area (Å²) < 4.78 is 11.9. The van der Waals surface area contributed by atoms with Gasteiger partial charge in [0.2, 0.25) is 0 Å². The number of hydrogen-bond acceptors (Lipinski definition) is 4. The predicted molar refractivity (Wildman–Crippen MR) is 107 cm³/mol. The molecule has 0 aromatic heterocycles. The largest absolute Gasteiger partial charge is 0.481 e. The van der Waals surface area contributed by atoms with E-state index < -0.39 is 12.6 Å². The van der Waals surface area contributed by atoms with Crippen molar-refractivity contribution in [2.45, 2.75) is 0 Å². The summed E-state index contributed by atoms with van der Waals surface area (Å²) in [5, 5.41) is 8.78. The average Bonchev–Trinajstić information content (AvgIpc) is 2.67. The molecule has 0 spiro atoms. The Labute approximate surface area is 165 Å². The van der Waals surface area contributed by atoms with E-state index >= 15 is 0 Å². The number of halogens is 1. The van der Waals surface area contributed by atoms with Crippen molar-refractivity contribution in [1.29, 1.82) is 0 Å². The second-order valence-corrected chi connectivity index (χ2v) is 6.45. The number of aliphatic imine (C=N–C) groups is 1. The van der Waals surface area contributed by atoms with E-state index in [0.29, 0.717) is 17.1 Å². The van der Waals surface area contributed by atoms with Crippen molar-refractivity contribution < 1.29 is 19.4 Å². The molecule has 0 amide bonds. The second-order valence-electron chi connectivity index (χ2n) is 5.53. The third kappa shape index (κ3) is 5.69. The topological polar surface area (TPSA) is 68.1 Å². The van der Waals surface area contributed by atoms with Crippen LogP contribution in [0.1, 0.15) is 5.56 Å². The molecule has 136 valence electrons. The first-order chi connectivity index (χ1) is 13.1. The van der Waals surface area contributed by atoms with Gasteiger partial charge < -0.3 is 14.6 Å². The number of benzene rings is 3. The number of rotatable bonds is 7. The fraction of sp³-hybridized carbons (Fsp3) is 0.0476. The van der Waals surface area contributed by atoms with Gasteiger partial charge in [-0.05, 0) is 54.6 Å². The molecule has 0 unspecified atom stereocenters. The van der Waals surface area contributed by atoms with Crippen LogP contribution in [0.3, 0.4) is 0 Å². The fourth-order valence-electron chi connectivity index (χ4n) is 2.26. The van der Waals surface area contributed by atoms with Crippen LogP contribution in [0.15, 0.2) is 82.3 Å². The molecule has 6 heteroatoms. The van der Waals surface area contributed by atoms with Crippen LogP contribution >= 0.6 is 15.9 Å². The van der Waals surface area contributed by atoms with Crippen LogP contribution < -0.4 is 9.47 Å². The summed E-state index contributed by atoms with van der Waals surface area (Å²) in [5.41, 5.74) is 1.41. The van der Waals surface area contributed by atoms with Gasteiger partial charge in [0.15, 0.2) is 6.61 Å². The molecule has 3 aromatic carbocycles. The molecular formula is C21H16BrNO4. The van der Waals surface area contributed by atoms with Gasteiger partial charge in [0.05, 0.1) is 5.69 Å². The number of hydrogen-bond donors (Lipinski definition) is 1. The molecule has 0 aliphatic carbocycles. The highest BCUT2D eigenvalue weighted by Gasteiger charge is 2.05. The fourth-order valence-corrected chi connectivity index (χ4v) is 2.64. The lowest BCUT2D eigenvalue weighted by atomic mass is 10.2. The molecule has 1 N–H and O–H groups in total. The van der Waals surface area contributed by atoms with E-state index in [0.717, 1.165) is 15.9 Å². The summed E-state index contributed by atoms with van der Waals surface area (Å²) in [6.45, 7) is -0.409. The Morgan fingerprint density at radius 3 is 2.41 bits per heavy atom. The summed E-state index contributed by atoms with van der Waals surface area (Å²) in [5.74, 6) is 0.902. The number of carboxylic acid groups (broad SMARTS) is 1. The zero-order chi connectivity index (χ0) is 19.1. The molecule has 0 aliphatic rings. The maximum atomic E-state index is 10.7. The van der Waals surface area contributed by atoms with Gasteiger partial charge in [-0.1, -0.05) is 34.1 Å². The number of carbonyl (C=O) groups is 1. The van der Waals surface area contributed by atoms with Gasteiger partial charge in [-0.3, -0.25) is 4.99 Å². The first-order valence-corrected chi connectivity index (χ1v) is 8.90. The van der Waals surface area contributed by atoms with Gasteiger partial charge in [0.25, 0.3) is 0 Å². The van der Waals surface area contributed by atoms with Gasteiger partial charge in [-0.15, -0.1) is 0 Å². The summed E-state index contributed by atoms with van der Waals surface area (Å²) in [6.07, 6.45) is 1.63. The lowest BCUT2D eigenvalue weighted by Crippen LogP contribution is -2.10. The van der Waals surface area contributed by atoms with E-state index in [2.05, 4.69) is 20.9 Å². The van der Waals surface area contributed by atoms with Crippen molar-refractivity contribution in [2.75, 3.05) is 6.61 Å². The second kappa shape index (κ2) is 9.00. The maximum Gasteiger partial charge on any atom is 0.341 e. The molecule has 27 heavy (non-hydrogen) atoms. The maximum absolute atomic E-state index is 10.7. The minimum absolute atomic E-state index is 0.409. The van der Waals surface area contributed by atoms with Crippen molar-refractivity contribution >= 4 is 33.8 Å². The van der Waals surface area contributed by atoms with Crippen molar-refractivity contribution in [3.63, 3.8) is 0 Å². The average molecular weight is 426 g/mol. The quantitative estimate of drug-likeness (QED) is 0.510. The van der Waals surface area contributed by atoms with Gasteiger partial charge in [-0.25, -0.2) is 4.79 Å². The van der Waals surface area contributed by atoms with Crippen LogP contribution in [-0.2, 0) is 4.79 Å². The van der Waals surface area contributed by atoms with E-state index in [1.165, 1.54) is 0 Å². The van der Waals surface area contributed by atoms with Crippen molar-refractivity contribution in [3.05, 3.63) is 82.8 Å². The molecule has 3 aromatic rings. The highest BCUT2D eigenvalue weighted by Crippen LogP contribution is 2.25. The van der Waals surface area contributed by atoms with E-state index in [1.54, 1.807) is 18.3 Å². The van der Waals surface area contributed by atoms with Crippen LogP contribution in [0.25, 0.3) is 0 Å². The minimum atomic E-state index is -1.03. The zero-order valence-electron chi connectivity index (χ0n) is 14.2. The van der Waals surface area contributed by atoms with E-state index in [4.69, 9.17) is 14.6 Å². The standard InChI is InChI=1S/C21H16BrNO4/c22-16-6-11-20(26-14-21(24)25)15(12-16)13-23-17-7-9-19(10-8-17)27-18-4-2-1-3-5-18/h1-13H,14H2,(H,24,25). The monoisotopic (exact) mass is 425 g/mol. The highest BCUT2D eigenvalue weighted by molar-refractivity contribution is 9.10. The van der Waals surface area contributed by atoms with Gasteiger partial charge in [0.1, 0.15) is 17.2 Å². The Balaban J connectivity index is 1.72. The van der Waals surface area contributed by atoms with Crippen molar-refractivity contribution in [3.8, 4) is 17.2 Å². The van der Waals surface area contributed by atoms with Crippen LogP contribution in [0, 0.1) is 0 Å². The third-order valence-corrected chi connectivity index (χ3v) is 3.98. The van der Waals surface area contributed by atoms with Crippen LogP contribution in [0.5, 0.6) is 17.2 Å². The normalized spacial score (nSPS) is 10.7. The first-order valence-electron chi connectivity index (χ1n) is 8.11. The molecule has 0 radical (unpaired) electrons. The minimum Gasteiger partial charge on any atom is -0.481 e. The number of ether oxygens (including phenoxy) is 2. The van der Waals surface area contributed by atoms with Crippen LogP contribution in [-0.4, -0.2) is 23.9 Å². The SMILES string of the molecule is O=C(O)COc1ccc(Br)cc1C=Nc1ccc(Oc2ccccc2)cc1.